The predicted octanol–water partition coefficient (Wildman–Crippen LogP) is 4.34. The summed E-state index contributed by atoms with van der Waals surface area (Å²) in [6.45, 7) is 6.46. The highest BCUT2D eigenvalue weighted by molar-refractivity contribution is 7.72. The van der Waals surface area contributed by atoms with E-state index >= 15 is 0 Å². The minimum Gasteiger partial charge on any atom is -0.325 e. The zero-order valence-corrected chi connectivity index (χ0v) is 15.4. The first kappa shape index (κ1) is 19.1. The van der Waals surface area contributed by atoms with E-state index in [1.54, 1.807) is 13.8 Å². The van der Waals surface area contributed by atoms with Gasteiger partial charge >= 0.3 is 7.60 Å². The third-order valence-corrected chi connectivity index (χ3v) is 9.11. The Morgan fingerprint density at radius 3 is 2.10 bits per heavy atom. The molecule has 0 saturated heterocycles. The molecule has 8 heteroatoms. The first-order valence-corrected chi connectivity index (χ1v) is 11.6. The van der Waals surface area contributed by atoms with Crippen LogP contribution in [0, 0.1) is 0 Å². The van der Waals surface area contributed by atoms with Crippen molar-refractivity contribution in [3.05, 3.63) is 17.5 Å². The van der Waals surface area contributed by atoms with Gasteiger partial charge in [-0.3, -0.25) is 9.13 Å². The van der Waals surface area contributed by atoms with Crippen LogP contribution in [-0.4, -0.2) is 32.1 Å². The van der Waals surface area contributed by atoms with E-state index in [9.17, 15) is 9.13 Å². The molecule has 0 aromatic carbocycles. The first-order chi connectivity index (χ1) is 9.99. The Morgan fingerprint density at radius 1 is 1.00 bits per heavy atom. The number of hydrogen-bond donors (Lipinski definition) is 0. The summed E-state index contributed by atoms with van der Waals surface area (Å²) in [6.07, 6.45) is 1.09. The van der Waals surface area contributed by atoms with Crippen molar-refractivity contribution in [1.82, 2.24) is 0 Å². The van der Waals surface area contributed by atoms with Gasteiger partial charge in [0.2, 0.25) is 7.37 Å². The summed E-state index contributed by atoms with van der Waals surface area (Å²) in [6, 6.07) is 3.68. The third-order valence-electron chi connectivity index (χ3n) is 2.72. The molecular weight excluding hydrogens is 330 g/mol. The van der Waals surface area contributed by atoms with E-state index in [0.29, 0.717) is 32.4 Å². The van der Waals surface area contributed by atoms with Crippen LogP contribution in [0.3, 0.4) is 0 Å². The van der Waals surface area contributed by atoms with Gasteiger partial charge in [-0.1, -0.05) is 6.07 Å². The lowest BCUT2D eigenvalue weighted by atomic mass is 10.6. The monoisotopic (exact) mass is 354 g/mol. The second-order valence-electron chi connectivity index (χ2n) is 4.29. The SMILES string of the molecule is CCOP(=O)(CCCP(=O)(OCC)c1cccs1)OCC. The molecule has 1 heterocycles. The summed E-state index contributed by atoms with van der Waals surface area (Å²) in [7, 11) is -5.94. The van der Waals surface area contributed by atoms with Gasteiger partial charge in [-0.2, -0.15) is 0 Å². The topological polar surface area (TPSA) is 61.8 Å². The Bertz CT molecular complexity index is 479. The molecule has 1 aromatic heterocycles. The molecular formula is C13H24O5P2S. The van der Waals surface area contributed by atoms with Crippen LogP contribution in [0.4, 0.5) is 0 Å². The van der Waals surface area contributed by atoms with Crippen LogP contribution in [-0.2, 0) is 22.7 Å². The van der Waals surface area contributed by atoms with Gasteiger partial charge in [0.1, 0.15) is 0 Å². The molecule has 0 N–H and O–H groups in total. The zero-order valence-electron chi connectivity index (χ0n) is 12.8. The van der Waals surface area contributed by atoms with E-state index in [1.165, 1.54) is 11.3 Å². The highest BCUT2D eigenvalue weighted by Crippen LogP contribution is 2.52. The van der Waals surface area contributed by atoms with Crippen LogP contribution in [0.1, 0.15) is 27.2 Å². The lowest BCUT2D eigenvalue weighted by molar-refractivity contribution is 0.220. The van der Waals surface area contributed by atoms with Gasteiger partial charge in [-0.25, -0.2) is 0 Å². The molecule has 0 radical (unpaired) electrons. The first-order valence-electron chi connectivity index (χ1n) is 7.15. The van der Waals surface area contributed by atoms with E-state index < -0.39 is 15.0 Å². The lowest BCUT2D eigenvalue weighted by Gasteiger charge is -2.19. The standard InChI is InChI=1S/C13H24O5P2S/c1-4-16-19(14,13-9-7-12-21-13)10-8-11-20(15,17-5-2)18-6-3/h7,9,12H,4-6,8,10-11H2,1-3H3. The molecule has 0 amide bonds. The van der Waals surface area contributed by atoms with Gasteiger partial charge in [-0.15, -0.1) is 11.3 Å². The fraction of sp³-hybridized carbons (Fsp3) is 0.692. The molecule has 0 aliphatic heterocycles. The van der Waals surface area contributed by atoms with Crippen LogP contribution < -0.4 is 4.62 Å². The maximum absolute atomic E-state index is 12.9. The van der Waals surface area contributed by atoms with Crippen molar-refractivity contribution in [3.8, 4) is 0 Å². The molecule has 0 aliphatic carbocycles. The van der Waals surface area contributed by atoms with Crippen molar-refractivity contribution in [2.24, 2.45) is 0 Å². The zero-order chi connectivity index (χ0) is 15.8. The molecule has 5 nitrogen and oxygen atoms in total. The molecule has 122 valence electrons. The second kappa shape index (κ2) is 9.24. The van der Waals surface area contributed by atoms with Gasteiger partial charge in [0.15, 0.2) is 0 Å². The number of hydrogen-bond acceptors (Lipinski definition) is 6. The van der Waals surface area contributed by atoms with Gasteiger partial charge in [0.25, 0.3) is 0 Å². The maximum atomic E-state index is 12.9. The fourth-order valence-corrected chi connectivity index (χ4v) is 7.35. The van der Waals surface area contributed by atoms with E-state index in [-0.39, 0.29) is 6.16 Å². The predicted molar refractivity (Wildman–Crippen MR) is 88.4 cm³/mol. The van der Waals surface area contributed by atoms with Gasteiger partial charge in [0.05, 0.1) is 30.6 Å². The summed E-state index contributed by atoms with van der Waals surface area (Å²) >= 11 is 1.43. The van der Waals surface area contributed by atoms with Crippen molar-refractivity contribution in [1.29, 1.82) is 0 Å². The number of thiophene rings is 1. The highest BCUT2D eigenvalue weighted by Gasteiger charge is 2.29. The molecule has 1 aromatic rings. The van der Waals surface area contributed by atoms with E-state index in [2.05, 4.69) is 0 Å². The summed E-state index contributed by atoms with van der Waals surface area (Å²) in [5.74, 6) is 0. The Hall–Kier alpha value is 0.0400. The Morgan fingerprint density at radius 2 is 1.62 bits per heavy atom. The van der Waals surface area contributed by atoms with E-state index in [1.807, 2.05) is 24.4 Å². The average molecular weight is 354 g/mol. The van der Waals surface area contributed by atoms with Crippen LogP contribution in [0.2, 0.25) is 0 Å². The molecule has 1 rings (SSSR count). The van der Waals surface area contributed by atoms with Crippen LogP contribution in [0.25, 0.3) is 0 Å². The molecule has 0 bridgehead atoms. The van der Waals surface area contributed by atoms with E-state index in [0.717, 1.165) is 4.62 Å². The summed E-state index contributed by atoms with van der Waals surface area (Å²) in [5.41, 5.74) is 0. The van der Waals surface area contributed by atoms with Crippen LogP contribution in [0.15, 0.2) is 17.5 Å². The van der Waals surface area contributed by atoms with Gasteiger partial charge in [-0.05, 0) is 38.6 Å². The van der Waals surface area contributed by atoms with Crippen molar-refractivity contribution in [2.75, 3.05) is 32.1 Å². The van der Waals surface area contributed by atoms with Crippen LogP contribution >= 0.6 is 26.3 Å². The summed E-state index contributed by atoms with van der Waals surface area (Å²) in [4.78, 5) is 0. The van der Waals surface area contributed by atoms with Crippen molar-refractivity contribution in [2.45, 2.75) is 27.2 Å². The molecule has 0 saturated carbocycles. The maximum Gasteiger partial charge on any atom is 0.330 e. The molecule has 0 fully saturated rings. The molecule has 1 unspecified atom stereocenters. The summed E-state index contributed by atoms with van der Waals surface area (Å²) in [5, 5.41) is 1.88. The van der Waals surface area contributed by atoms with Gasteiger partial charge in [0, 0.05) is 6.16 Å². The fourth-order valence-electron chi connectivity index (χ4n) is 1.94. The van der Waals surface area contributed by atoms with Crippen LogP contribution in [0.5, 0.6) is 0 Å². The smallest absolute Gasteiger partial charge is 0.325 e. The Balaban J connectivity index is 2.66. The lowest BCUT2D eigenvalue weighted by Crippen LogP contribution is -2.09. The highest BCUT2D eigenvalue weighted by atomic mass is 32.1. The minimum absolute atomic E-state index is 0.261. The summed E-state index contributed by atoms with van der Waals surface area (Å²) < 4.78 is 42.0. The second-order valence-corrected chi connectivity index (χ2v) is 10.3. The Labute approximate surface area is 131 Å². The van der Waals surface area contributed by atoms with E-state index in [4.69, 9.17) is 13.6 Å². The Kier molecular flexibility index (Phi) is 8.40. The average Bonchev–Trinajstić information content (AvgIpc) is 2.94. The minimum atomic E-state index is -3.07. The van der Waals surface area contributed by atoms with Gasteiger partial charge < -0.3 is 13.6 Å². The van der Waals surface area contributed by atoms with Crippen molar-refractivity contribution in [3.63, 3.8) is 0 Å². The van der Waals surface area contributed by atoms with Crippen molar-refractivity contribution < 1.29 is 22.7 Å². The van der Waals surface area contributed by atoms with Crippen molar-refractivity contribution >= 4 is 30.9 Å². The largest absolute Gasteiger partial charge is 0.330 e. The quantitative estimate of drug-likeness (QED) is 0.553. The normalized spacial score (nSPS) is 15.0. The molecule has 0 aliphatic rings. The molecule has 1 atom stereocenters. The molecule has 0 spiro atoms. The third kappa shape index (κ3) is 5.97. The number of rotatable bonds is 11. The molecule has 21 heavy (non-hydrogen) atoms.